The molecule has 0 aliphatic heterocycles. The molecule has 0 bridgehead atoms. The molecule has 20 heavy (non-hydrogen) atoms. The van der Waals surface area contributed by atoms with Crippen LogP contribution in [0, 0.1) is 24.5 Å². The van der Waals surface area contributed by atoms with Gasteiger partial charge in [-0.1, -0.05) is 24.3 Å². The summed E-state index contributed by atoms with van der Waals surface area (Å²) in [6, 6.07) is 10.3. The zero-order valence-electron chi connectivity index (χ0n) is 11.4. The predicted octanol–water partition coefficient (Wildman–Crippen LogP) is 3.69. The molecule has 0 saturated heterocycles. The third-order valence-corrected chi connectivity index (χ3v) is 4.23. The number of aryl methyl sites for hydroxylation is 1. The minimum absolute atomic E-state index is 0.173. The molecule has 3 heteroatoms. The number of fused-ring (bicyclic) bond motifs is 1. The van der Waals surface area contributed by atoms with Crippen molar-refractivity contribution in [3.8, 4) is 0 Å². The topological polar surface area (TPSA) is 26.0 Å². The van der Waals surface area contributed by atoms with Crippen LogP contribution in [-0.2, 0) is 12.8 Å². The van der Waals surface area contributed by atoms with Gasteiger partial charge in [-0.25, -0.2) is 8.78 Å². The molecule has 0 aromatic heterocycles. The molecule has 104 valence electrons. The van der Waals surface area contributed by atoms with Gasteiger partial charge in [-0.15, -0.1) is 0 Å². The van der Waals surface area contributed by atoms with Crippen LogP contribution in [0.2, 0.25) is 0 Å². The first-order valence-corrected chi connectivity index (χ1v) is 6.84. The largest absolute Gasteiger partial charge is 0.324 e. The average Bonchev–Trinajstić information content (AvgIpc) is 2.86. The smallest absolute Gasteiger partial charge is 0.130 e. The van der Waals surface area contributed by atoms with E-state index in [2.05, 4.69) is 12.1 Å². The van der Waals surface area contributed by atoms with Crippen LogP contribution >= 0.6 is 0 Å². The molecule has 0 spiro atoms. The molecule has 1 nitrogen and oxygen atoms in total. The molecule has 0 amide bonds. The van der Waals surface area contributed by atoms with E-state index in [-0.39, 0.29) is 5.92 Å². The maximum Gasteiger partial charge on any atom is 0.130 e. The van der Waals surface area contributed by atoms with Crippen LogP contribution in [0.25, 0.3) is 0 Å². The Balaban J connectivity index is 1.88. The van der Waals surface area contributed by atoms with Crippen molar-refractivity contribution >= 4 is 0 Å². The van der Waals surface area contributed by atoms with Crippen LogP contribution in [0.5, 0.6) is 0 Å². The van der Waals surface area contributed by atoms with Crippen molar-refractivity contribution in [2.75, 3.05) is 0 Å². The van der Waals surface area contributed by atoms with Gasteiger partial charge >= 0.3 is 0 Å². The maximum atomic E-state index is 13.9. The normalized spacial score (nSPS) is 16.2. The van der Waals surface area contributed by atoms with Gasteiger partial charge in [0.1, 0.15) is 11.6 Å². The Kier molecular flexibility index (Phi) is 3.30. The fraction of sp³-hybridized carbons (Fsp3) is 0.294. The van der Waals surface area contributed by atoms with Gasteiger partial charge < -0.3 is 5.73 Å². The van der Waals surface area contributed by atoms with Crippen LogP contribution in [0.4, 0.5) is 8.78 Å². The summed E-state index contributed by atoms with van der Waals surface area (Å²) in [5.41, 5.74) is 9.66. The number of rotatable bonds is 2. The Morgan fingerprint density at radius 2 is 1.65 bits per heavy atom. The van der Waals surface area contributed by atoms with Gasteiger partial charge in [-0.2, -0.15) is 0 Å². The second kappa shape index (κ2) is 4.98. The summed E-state index contributed by atoms with van der Waals surface area (Å²) in [5.74, 6) is -0.892. The average molecular weight is 273 g/mol. The Morgan fingerprint density at radius 1 is 1.05 bits per heavy atom. The predicted molar refractivity (Wildman–Crippen MR) is 75.4 cm³/mol. The summed E-state index contributed by atoms with van der Waals surface area (Å²) >= 11 is 0. The second-order valence-corrected chi connectivity index (χ2v) is 5.59. The van der Waals surface area contributed by atoms with E-state index in [4.69, 9.17) is 5.73 Å². The van der Waals surface area contributed by atoms with Crippen LogP contribution in [0.3, 0.4) is 0 Å². The molecule has 1 atom stereocenters. The molecule has 1 aliphatic rings. The fourth-order valence-corrected chi connectivity index (χ4v) is 3.04. The monoisotopic (exact) mass is 273 g/mol. The van der Waals surface area contributed by atoms with Crippen LogP contribution < -0.4 is 5.73 Å². The molecule has 1 aliphatic carbocycles. The van der Waals surface area contributed by atoms with Crippen molar-refractivity contribution in [1.29, 1.82) is 0 Å². The lowest BCUT2D eigenvalue weighted by molar-refractivity contribution is 0.433. The van der Waals surface area contributed by atoms with Crippen molar-refractivity contribution in [2.24, 2.45) is 11.7 Å². The zero-order chi connectivity index (χ0) is 14.3. The van der Waals surface area contributed by atoms with E-state index in [1.807, 2.05) is 12.1 Å². The van der Waals surface area contributed by atoms with E-state index in [1.165, 1.54) is 11.1 Å². The Bertz CT molecular complexity index is 626. The second-order valence-electron chi connectivity index (χ2n) is 5.59. The highest BCUT2D eigenvalue weighted by molar-refractivity contribution is 5.35. The minimum Gasteiger partial charge on any atom is -0.324 e. The lowest BCUT2D eigenvalue weighted by Gasteiger charge is -2.20. The molecule has 3 rings (SSSR count). The third kappa shape index (κ3) is 2.22. The van der Waals surface area contributed by atoms with Gasteiger partial charge in [0.15, 0.2) is 0 Å². The molecule has 0 heterocycles. The maximum absolute atomic E-state index is 13.9. The van der Waals surface area contributed by atoms with Gasteiger partial charge in [-0.3, -0.25) is 0 Å². The van der Waals surface area contributed by atoms with Crippen molar-refractivity contribution < 1.29 is 8.78 Å². The molecular weight excluding hydrogens is 256 g/mol. The molecular formula is C17H17F2N. The van der Waals surface area contributed by atoms with E-state index < -0.39 is 17.7 Å². The van der Waals surface area contributed by atoms with E-state index in [1.54, 1.807) is 13.0 Å². The molecule has 2 aromatic rings. The van der Waals surface area contributed by atoms with Crippen molar-refractivity contribution in [3.63, 3.8) is 0 Å². The molecule has 2 N–H and O–H groups in total. The Hall–Kier alpha value is -1.74. The first-order valence-electron chi connectivity index (χ1n) is 6.84. The van der Waals surface area contributed by atoms with Crippen molar-refractivity contribution in [2.45, 2.75) is 25.8 Å². The van der Waals surface area contributed by atoms with Gasteiger partial charge in [0.25, 0.3) is 0 Å². The standard InChI is InChI=1S/C17H17F2N/c1-10-6-14(16(19)9-15(10)18)17(20)13-7-11-4-2-3-5-12(11)8-13/h2-6,9,13,17H,7-8,20H2,1H3. The highest BCUT2D eigenvalue weighted by atomic mass is 19.1. The highest BCUT2D eigenvalue weighted by Crippen LogP contribution is 2.35. The van der Waals surface area contributed by atoms with Gasteiger partial charge in [-0.05, 0) is 48.4 Å². The summed E-state index contributed by atoms with van der Waals surface area (Å²) in [4.78, 5) is 0. The molecule has 0 radical (unpaired) electrons. The molecule has 0 fully saturated rings. The van der Waals surface area contributed by atoms with Crippen LogP contribution in [0.15, 0.2) is 36.4 Å². The minimum atomic E-state index is -0.545. The number of halogens is 2. The number of hydrogen-bond donors (Lipinski definition) is 1. The summed E-state index contributed by atoms with van der Waals surface area (Å²) < 4.78 is 27.3. The van der Waals surface area contributed by atoms with Gasteiger partial charge in [0, 0.05) is 17.7 Å². The van der Waals surface area contributed by atoms with E-state index in [9.17, 15) is 8.78 Å². The first-order chi connectivity index (χ1) is 9.56. The summed E-state index contributed by atoms with van der Waals surface area (Å²) in [7, 11) is 0. The van der Waals surface area contributed by atoms with Crippen molar-refractivity contribution in [3.05, 3.63) is 70.3 Å². The van der Waals surface area contributed by atoms with E-state index in [0.29, 0.717) is 11.1 Å². The third-order valence-electron chi connectivity index (χ3n) is 4.23. The Labute approximate surface area is 117 Å². The van der Waals surface area contributed by atoms with Crippen LogP contribution in [0.1, 0.15) is 28.3 Å². The van der Waals surface area contributed by atoms with Crippen LogP contribution in [-0.4, -0.2) is 0 Å². The summed E-state index contributed by atoms with van der Waals surface area (Å²) in [6.45, 7) is 1.63. The van der Waals surface area contributed by atoms with E-state index in [0.717, 1.165) is 18.9 Å². The lowest BCUT2D eigenvalue weighted by Crippen LogP contribution is -2.23. The molecule has 1 unspecified atom stereocenters. The molecule has 2 aromatic carbocycles. The zero-order valence-corrected chi connectivity index (χ0v) is 11.4. The first kappa shape index (κ1) is 13.3. The number of nitrogens with two attached hydrogens (primary N) is 1. The SMILES string of the molecule is Cc1cc(C(N)C2Cc3ccccc3C2)c(F)cc1F. The summed E-state index contributed by atoms with van der Waals surface area (Å²) in [6.07, 6.45) is 1.71. The quantitative estimate of drug-likeness (QED) is 0.887. The summed E-state index contributed by atoms with van der Waals surface area (Å²) in [5, 5.41) is 0. The highest BCUT2D eigenvalue weighted by Gasteiger charge is 2.29. The fourth-order valence-electron chi connectivity index (χ4n) is 3.04. The van der Waals surface area contributed by atoms with E-state index >= 15 is 0 Å². The Morgan fingerprint density at radius 3 is 2.25 bits per heavy atom. The van der Waals surface area contributed by atoms with Gasteiger partial charge in [0.2, 0.25) is 0 Å². The number of benzene rings is 2. The van der Waals surface area contributed by atoms with Gasteiger partial charge in [0.05, 0.1) is 0 Å². The number of hydrogen-bond acceptors (Lipinski definition) is 1. The molecule has 0 saturated carbocycles. The lowest BCUT2D eigenvalue weighted by atomic mass is 9.90. The van der Waals surface area contributed by atoms with Crippen molar-refractivity contribution in [1.82, 2.24) is 0 Å².